The quantitative estimate of drug-likeness (QED) is 0.215. The number of anilines is 1. The third-order valence-corrected chi connectivity index (χ3v) is 5.01. The van der Waals surface area contributed by atoms with Gasteiger partial charge in [-0.2, -0.15) is 18.3 Å². The maximum absolute atomic E-state index is 13.0. The second-order valence-corrected chi connectivity index (χ2v) is 7.13. The van der Waals surface area contributed by atoms with E-state index in [1.54, 1.807) is 6.07 Å². The summed E-state index contributed by atoms with van der Waals surface area (Å²) in [5.41, 5.74) is 4.76. The smallest absolute Gasteiger partial charge is 0.416 e. The lowest BCUT2D eigenvalue weighted by molar-refractivity contribution is -0.140. The number of para-hydroxylation sites is 1. The number of esters is 1. The van der Waals surface area contributed by atoms with Gasteiger partial charge >= 0.3 is 12.1 Å². The number of ether oxygens (including phenoxy) is 1. The summed E-state index contributed by atoms with van der Waals surface area (Å²) in [6, 6.07) is 17.9. The lowest BCUT2D eigenvalue weighted by Gasteiger charge is -2.10. The molecule has 8 heteroatoms. The molecule has 0 atom stereocenters. The van der Waals surface area contributed by atoms with Crippen molar-refractivity contribution in [2.24, 2.45) is 5.10 Å². The van der Waals surface area contributed by atoms with Crippen molar-refractivity contribution in [3.8, 4) is 0 Å². The van der Waals surface area contributed by atoms with Gasteiger partial charge in [0.1, 0.15) is 11.2 Å². The second-order valence-electron chi connectivity index (χ2n) is 7.13. The maximum atomic E-state index is 13.0. The number of alkyl halides is 3. The third kappa shape index (κ3) is 4.59. The van der Waals surface area contributed by atoms with Crippen LogP contribution in [0.25, 0.3) is 21.9 Å². The van der Waals surface area contributed by atoms with Crippen molar-refractivity contribution in [2.75, 3.05) is 12.5 Å². The van der Waals surface area contributed by atoms with Crippen molar-refractivity contribution in [3.05, 3.63) is 77.9 Å². The summed E-state index contributed by atoms with van der Waals surface area (Å²) in [5, 5.41) is 6.14. The number of furan rings is 1. The number of carbonyl (C=O) groups excluding carboxylic acids is 1. The van der Waals surface area contributed by atoms with Crippen LogP contribution in [-0.2, 0) is 15.7 Å². The van der Waals surface area contributed by atoms with Gasteiger partial charge in [-0.25, -0.2) is 0 Å². The number of rotatable bonds is 6. The molecular formula is C24H19F3N2O3. The van der Waals surface area contributed by atoms with E-state index in [0.29, 0.717) is 16.9 Å². The van der Waals surface area contributed by atoms with Crippen molar-refractivity contribution >= 4 is 39.3 Å². The number of hydrazone groups is 1. The van der Waals surface area contributed by atoms with E-state index in [0.717, 1.165) is 28.5 Å². The predicted molar refractivity (Wildman–Crippen MR) is 117 cm³/mol. The first-order valence-corrected chi connectivity index (χ1v) is 9.83. The Hall–Kier alpha value is -3.81. The van der Waals surface area contributed by atoms with E-state index >= 15 is 0 Å². The third-order valence-electron chi connectivity index (χ3n) is 5.01. The number of halogens is 3. The summed E-state index contributed by atoms with van der Waals surface area (Å²) < 4.78 is 49.6. The summed E-state index contributed by atoms with van der Waals surface area (Å²) in [7, 11) is 1.30. The Morgan fingerprint density at radius 1 is 0.969 bits per heavy atom. The van der Waals surface area contributed by atoms with Crippen molar-refractivity contribution in [1.29, 1.82) is 0 Å². The molecule has 0 bridgehead atoms. The molecule has 4 rings (SSSR count). The number of fused-ring (bicyclic) bond motifs is 3. The minimum Gasteiger partial charge on any atom is -0.469 e. The fourth-order valence-corrected chi connectivity index (χ4v) is 3.39. The zero-order chi connectivity index (χ0) is 22.7. The Morgan fingerprint density at radius 3 is 2.53 bits per heavy atom. The highest BCUT2D eigenvalue weighted by Crippen LogP contribution is 2.31. The zero-order valence-corrected chi connectivity index (χ0v) is 17.1. The average molecular weight is 440 g/mol. The van der Waals surface area contributed by atoms with Crippen molar-refractivity contribution in [1.82, 2.24) is 0 Å². The van der Waals surface area contributed by atoms with Gasteiger partial charge in [-0.05, 0) is 48.0 Å². The molecule has 0 saturated carbocycles. The molecule has 0 aliphatic carbocycles. The van der Waals surface area contributed by atoms with Crippen LogP contribution in [0.2, 0.25) is 0 Å². The van der Waals surface area contributed by atoms with Crippen LogP contribution >= 0.6 is 0 Å². The molecule has 1 N–H and O–H groups in total. The number of carbonyl (C=O) groups is 1. The van der Waals surface area contributed by atoms with E-state index in [4.69, 9.17) is 9.15 Å². The summed E-state index contributed by atoms with van der Waals surface area (Å²) in [6.45, 7) is 0. The molecule has 3 aromatic carbocycles. The fourth-order valence-electron chi connectivity index (χ4n) is 3.39. The molecule has 32 heavy (non-hydrogen) atoms. The van der Waals surface area contributed by atoms with Gasteiger partial charge in [-0.3, -0.25) is 10.2 Å². The summed E-state index contributed by atoms with van der Waals surface area (Å²) >= 11 is 0. The lowest BCUT2D eigenvalue weighted by atomic mass is 10.0. The van der Waals surface area contributed by atoms with E-state index in [-0.39, 0.29) is 18.5 Å². The van der Waals surface area contributed by atoms with Gasteiger partial charge in [0.15, 0.2) is 0 Å². The molecule has 0 fully saturated rings. The molecule has 0 unspecified atom stereocenters. The maximum Gasteiger partial charge on any atom is 0.416 e. The van der Waals surface area contributed by atoms with E-state index in [1.165, 1.54) is 19.2 Å². The Balaban J connectivity index is 1.70. The molecule has 5 nitrogen and oxygen atoms in total. The van der Waals surface area contributed by atoms with Crippen LogP contribution < -0.4 is 5.43 Å². The van der Waals surface area contributed by atoms with Gasteiger partial charge in [-0.15, -0.1) is 0 Å². The van der Waals surface area contributed by atoms with E-state index in [9.17, 15) is 18.0 Å². The number of methoxy groups -OCH3 is 1. The van der Waals surface area contributed by atoms with Gasteiger partial charge in [0.2, 0.25) is 0 Å². The number of hydrogen-bond donors (Lipinski definition) is 1. The van der Waals surface area contributed by atoms with Crippen LogP contribution in [0.5, 0.6) is 0 Å². The van der Waals surface area contributed by atoms with Crippen LogP contribution in [-0.4, -0.2) is 18.8 Å². The normalized spacial score (nSPS) is 12.3. The van der Waals surface area contributed by atoms with Crippen LogP contribution in [0.15, 0.2) is 76.2 Å². The Kier molecular flexibility index (Phi) is 5.85. The summed E-state index contributed by atoms with van der Waals surface area (Å²) in [5.74, 6) is -0.411. The summed E-state index contributed by atoms with van der Waals surface area (Å²) in [4.78, 5) is 11.7. The van der Waals surface area contributed by atoms with E-state index in [2.05, 4.69) is 10.5 Å². The van der Waals surface area contributed by atoms with E-state index in [1.807, 2.05) is 36.4 Å². The minimum atomic E-state index is -4.46. The lowest BCUT2D eigenvalue weighted by Crippen LogP contribution is -2.10. The molecule has 0 radical (unpaired) electrons. The average Bonchev–Trinajstić information content (AvgIpc) is 3.16. The predicted octanol–water partition coefficient (Wildman–Crippen LogP) is 6.37. The molecule has 0 aliphatic heterocycles. The molecule has 1 aromatic heterocycles. The molecule has 0 amide bonds. The van der Waals surface area contributed by atoms with Crippen molar-refractivity contribution in [3.63, 3.8) is 0 Å². The van der Waals surface area contributed by atoms with Gasteiger partial charge in [0.05, 0.1) is 30.5 Å². The monoisotopic (exact) mass is 440 g/mol. The fraction of sp³-hybridized carbons (Fsp3) is 0.167. The number of hydrogen-bond acceptors (Lipinski definition) is 5. The highest BCUT2D eigenvalue weighted by molar-refractivity contribution is 6.10. The van der Waals surface area contributed by atoms with E-state index < -0.39 is 17.7 Å². The minimum absolute atomic E-state index is 0.0732. The zero-order valence-electron chi connectivity index (χ0n) is 17.1. The van der Waals surface area contributed by atoms with Crippen molar-refractivity contribution in [2.45, 2.75) is 19.0 Å². The van der Waals surface area contributed by atoms with Crippen LogP contribution in [0, 0.1) is 0 Å². The van der Waals surface area contributed by atoms with Crippen LogP contribution in [0.4, 0.5) is 18.9 Å². The Bertz CT molecular complexity index is 1310. The molecule has 4 aromatic rings. The molecule has 0 spiro atoms. The highest BCUT2D eigenvalue weighted by atomic mass is 19.4. The summed E-state index contributed by atoms with van der Waals surface area (Å²) in [6.07, 6.45) is -4.15. The highest BCUT2D eigenvalue weighted by Gasteiger charge is 2.30. The SMILES string of the molecule is COC(=O)CC/C(=N\Nc1cccc(C(F)(F)F)c1)c1ccc2oc3ccccc3c2c1. The van der Waals surface area contributed by atoms with Gasteiger partial charge in [0.25, 0.3) is 0 Å². The first-order chi connectivity index (χ1) is 15.3. The molecule has 0 saturated heterocycles. The standard InChI is InChI=1S/C24H19F3N2O3/c1-31-23(30)12-10-20(29-28-17-6-4-5-16(14-17)24(25,26)27)15-9-11-22-19(13-15)18-7-2-3-8-21(18)32-22/h2-9,11,13-14,28H,10,12H2,1H3/b29-20+. The molecule has 0 aliphatic rings. The largest absolute Gasteiger partial charge is 0.469 e. The number of nitrogens with zero attached hydrogens (tertiary/aromatic N) is 1. The topological polar surface area (TPSA) is 63.8 Å². The first kappa shape index (κ1) is 21.4. The van der Waals surface area contributed by atoms with Gasteiger partial charge < -0.3 is 9.15 Å². The molecule has 164 valence electrons. The van der Waals surface area contributed by atoms with Crippen molar-refractivity contribution < 1.29 is 27.1 Å². The second kappa shape index (κ2) is 8.74. The Labute approximate surface area is 181 Å². The number of benzene rings is 3. The number of nitrogens with one attached hydrogen (secondary N) is 1. The molecule has 1 heterocycles. The van der Waals surface area contributed by atoms with Gasteiger partial charge in [-0.1, -0.05) is 24.3 Å². The van der Waals surface area contributed by atoms with Gasteiger partial charge in [0, 0.05) is 17.2 Å². The molecular weight excluding hydrogens is 421 g/mol. The van der Waals surface area contributed by atoms with Crippen LogP contribution in [0.1, 0.15) is 24.0 Å². The first-order valence-electron chi connectivity index (χ1n) is 9.83. The van der Waals surface area contributed by atoms with Crippen LogP contribution in [0.3, 0.4) is 0 Å². The Morgan fingerprint density at radius 2 is 1.75 bits per heavy atom.